The Hall–Kier alpha value is -3.42. The second-order valence-electron chi connectivity index (χ2n) is 11.2. The van der Waals surface area contributed by atoms with Crippen molar-refractivity contribution in [1.82, 2.24) is 9.80 Å². The Morgan fingerprint density at radius 2 is 1.70 bits per heavy atom. The van der Waals surface area contributed by atoms with Gasteiger partial charge in [0.25, 0.3) is 11.6 Å². The van der Waals surface area contributed by atoms with Crippen LogP contribution in [0.3, 0.4) is 0 Å². The van der Waals surface area contributed by atoms with Crippen LogP contribution in [0.25, 0.3) is 6.08 Å². The summed E-state index contributed by atoms with van der Waals surface area (Å²) in [6, 6.07) is 7.90. The van der Waals surface area contributed by atoms with E-state index in [-0.39, 0.29) is 52.3 Å². The highest BCUT2D eigenvalue weighted by molar-refractivity contribution is 8.17. The lowest BCUT2D eigenvalue weighted by atomic mass is 10.1. The molecule has 2 heterocycles. The van der Waals surface area contributed by atoms with Crippen molar-refractivity contribution in [3.8, 4) is 17.2 Å². The zero-order valence-corrected chi connectivity index (χ0v) is 29.0. The van der Waals surface area contributed by atoms with Gasteiger partial charge in [-0.25, -0.2) is 0 Å². The number of hydrogen-bond donors (Lipinski definition) is 1. The summed E-state index contributed by atoms with van der Waals surface area (Å²) in [5.74, 6) is 2.48. The number of likely N-dealkylation sites (tertiary alicyclic amines) is 2. The van der Waals surface area contributed by atoms with Gasteiger partial charge in [0.05, 0.1) is 35.3 Å². The second-order valence-corrected chi connectivity index (χ2v) is 14.3. The van der Waals surface area contributed by atoms with E-state index in [1.165, 1.54) is 19.2 Å². The van der Waals surface area contributed by atoms with Gasteiger partial charge in [0.15, 0.2) is 11.5 Å². The lowest BCUT2D eigenvalue weighted by Gasteiger charge is -2.31. The van der Waals surface area contributed by atoms with Crippen molar-refractivity contribution in [2.75, 3.05) is 51.5 Å². The molecule has 2 aliphatic heterocycles. The van der Waals surface area contributed by atoms with E-state index < -0.39 is 17.4 Å². The first-order valence-corrected chi connectivity index (χ1v) is 18.3. The second kappa shape index (κ2) is 18.2. The Balaban J connectivity index is 1.41. The van der Waals surface area contributed by atoms with Crippen LogP contribution < -0.4 is 14.2 Å². The number of aliphatic hydroxyl groups excluding tert-OH is 1. The molecule has 11 nitrogen and oxygen atoms in total. The molecule has 2 aliphatic rings. The molecule has 0 unspecified atom stereocenters. The molecule has 2 amide bonds. The molecule has 4 rings (SSSR count). The summed E-state index contributed by atoms with van der Waals surface area (Å²) in [6.07, 6.45) is 8.23. The van der Waals surface area contributed by atoms with Gasteiger partial charge < -0.3 is 29.1 Å². The average molecular weight is 688 g/mol. The van der Waals surface area contributed by atoms with Crippen LogP contribution in [-0.2, 0) is 11.4 Å². The first kappa shape index (κ1) is 36.4. The summed E-state index contributed by atoms with van der Waals surface area (Å²) in [7, 11) is 1.52. The number of nitro groups is 1. The molecule has 0 aromatic heterocycles. The quantitative estimate of drug-likeness (QED) is 0.0735. The standard InChI is InChI=1S/C34H45N3O8S2/c1-4-46-34(47-5-2)27-10-9-17-36(27)33(40)26-21-25(23-38)30(22-28(26)37(41)42)45-19-18-44-29-13-11-24(20-31(29)43-3)12-14-32(39)35-15-7-6-8-16-35/h11-14,20-22,27,34,38H,4-10,15-19,23H2,1-3H3/b14-12+/t27-/m0/s1. The lowest BCUT2D eigenvalue weighted by Crippen LogP contribution is -2.41. The van der Waals surface area contributed by atoms with E-state index >= 15 is 0 Å². The molecule has 256 valence electrons. The van der Waals surface area contributed by atoms with E-state index in [4.69, 9.17) is 14.2 Å². The predicted molar refractivity (Wildman–Crippen MR) is 187 cm³/mol. The number of nitrogens with zero attached hydrogens (tertiary/aromatic N) is 3. The third-order valence-electron chi connectivity index (χ3n) is 8.18. The predicted octanol–water partition coefficient (Wildman–Crippen LogP) is 6.02. The summed E-state index contributed by atoms with van der Waals surface area (Å²) in [6.45, 7) is 5.92. The monoisotopic (exact) mass is 687 g/mol. The van der Waals surface area contributed by atoms with Gasteiger partial charge in [0, 0.05) is 31.3 Å². The molecule has 2 saturated heterocycles. The fourth-order valence-electron chi connectivity index (χ4n) is 5.87. The minimum absolute atomic E-state index is 0.00736. The fraction of sp³-hybridized carbons (Fsp3) is 0.529. The Kier molecular flexibility index (Phi) is 14.1. The number of benzene rings is 2. The number of rotatable bonds is 16. The number of nitro benzene ring substituents is 1. The van der Waals surface area contributed by atoms with Crippen molar-refractivity contribution in [3.63, 3.8) is 0 Å². The van der Waals surface area contributed by atoms with Gasteiger partial charge in [0.2, 0.25) is 5.91 Å². The first-order valence-electron chi connectivity index (χ1n) is 16.2. The molecule has 0 bridgehead atoms. The molecule has 13 heteroatoms. The molecule has 0 radical (unpaired) electrons. The van der Waals surface area contributed by atoms with Crippen molar-refractivity contribution in [2.45, 2.75) is 63.2 Å². The number of amides is 2. The van der Waals surface area contributed by atoms with Gasteiger partial charge in [-0.2, -0.15) is 0 Å². The highest BCUT2D eigenvalue weighted by Gasteiger charge is 2.38. The number of carbonyl (C=O) groups excluding carboxylic acids is 2. The van der Waals surface area contributed by atoms with Crippen molar-refractivity contribution in [2.24, 2.45) is 0 Å². The van der Waals surface area contributed by atoms with Crippen molar-refractivity contribution in [1.29, 1.82) is 0 Å². The van der Waals surface area contributed by atoms with Crippen LogP contribution in [0.4, 0.5) is 5.69 Å². The average Bonchev–Trinajstić information content (AvgIpc) is 3.59. The minimum Gasteiger partial charge on any atom is -0.493 e. The topological polar surface area (TPSA) is 132 Å². The van der Waals surface area contributed by atoms with E-state index in [0.29, 0.717) is 18.0 Å². The Morgan fingerprint density at radius 1 is 1.00 bits per heavy atom. The zero-order valence-electron chi connectivity index (χ0n) is 27.4. The maximum Gasteiger partial charge on any atom is 0.285 e. The molecule has 0 saturated carbocycles. The van der Waals surface area contributed by atoms with E-state index in [2.05, 4.69) is 13.8 Å². The normalized spacial score (nSPS) is 16.6. The van der Waals surface area contributed by atoms with Gasteiger partial charge in [-0.1, -0.05) is 19.9 Å². The molecule has 1 N–H and O–H groups in total. The van der Waals surface area contributed by atoms with E-state index in [9.17, 15) is 24.8 Å². The van der Waals surface area contributed by atoms with Crippen LogP contribution in [0.2, 0.25) is 0 Å². The molecule has 2 aromatic rings. The van der Waals surface area contributed by atoms with Crippen LogP contribution in [0.15, 0.2) is 36.4 Å². The van der Waals surface area contributed by atoms with E-state index in [0.717, 1.165) is 62.3 Å². The third kappa shape index (κ3) is 9.57. The number of aliphatic hydroxyl groups is 1. The number of hydrogen-bond acceptors (Lipinski definition) is 10. The van der Waals surface area contributed by atoms with Gasteiger partial charge in [-0.3, -0.25) is 19.7 Å². The summed E-state index contributed by atoms with van der Waals surface area (Å²) in [4.78, 5) is 41.4. The van der Waals surface area contributed by atoms with Crippen molar-refractivity contribution >= 4 is 47.1 Å². The van der Waals surface area contributed by atoms with Crippen LogP contribution >= 0.6 is 23.5 Å². The van der Waals surface area contributed by atoms with Crippen LogP contribution in [-0.4, -0.2) is 93.7 Å². The smallest absolute Gasteiger partial charge is 0.285 e. The summed E-state index contributed by atoms with van der Waals surface area (Å²) in [5.41, 5.74) is 0.660. The van der Waals surface area contributed by atoms with E-state index in [1.807, 2.05) is 11.0 Å². The molecule has 2 aromatic carbocycles. The summed E-state index contributed by atoms with van der Waals surface area (Å²) in [5, 5.41) is 22.3. The number of piperidine rings is 1. The Bertz CT molecular complexity index is 1410. The zero-order chi connectivity index (χ0) is 33.8. The van der Waals surface area contributed by atoms with Gasteiger partial charge in [-0.15, -0.1) is 23.5 Å². The SMILES string of the molecule is CCSC(SCC)[C@@H]1CCCN1C(=O)c1cc(CO)c(OCCOc2ccc(/C=C/C(=O)N3CCCCC3)cc2OC)cc1[N+](=O)[O-]. The Labute approximate surface area is 285 Å². The van der Waals surface area contributed by atoms with Gasteiger partial charge >= 0.3 is 0 Å². The van der Waals surface area contributed by atoms with Crippen molar-refractivity contribution < 1.29 is 33.8 Å². The third-order valence-corrected chi connectivity index (χ3v) is 11.0. The molecule has 2 fully saturated rings. The molecule has 0 aliphatic carbocycles. The largest absolute Gasteiger partial charge is 0.493 e. The summed E-state index contributed by atoms with van der Waals surface area (Å²) < 4.78 is 17.4. The van der Waals surface area contributed by atoms with Crippen LogP contribution in [0, 0.1) is 10.1 Å². The maximum absolute atomic E-state index is 13.7. The maximum atomic E-state index is 13.7. The molecule has 0 spiro atoms. The van der Waals surface area contributed by atoms with Gasteiger partial charge in [0.1, 0.15) is 24.5 Å². The van der Waals surface area contributed by atoms with Crippen molar-refractivity contribution in [3.05, 3.63) is 63.2 Å². The molecular weight excluding hydrogens is 643 g/mol. The molecule has 47 heavy (non-hydrogen) atoms. The molecule has 1 atom stereocenters. The number of ether oxygens (including phenoxy) is 3. The van der Waals surface area contributed by atoms with E-state index in [1.54, 1.807) is 52.7 Å². The number of methoxy groups -OCH3 is 1. The number of thioether (sulfide) groups is 2. The minimum atomic E-state index is -0.580. The Morgan fingerprint density at radius 3 is 2.34 bits per heavy atom. The summed E-state index contributed by atoms with van der Waals surface area (Å²) >= 11 is 3.59. The fourth-order valence-corrected chi connectivity index (χ4v) is 8.74. The highest BCUT2D eigenvalue weighted by Crippen LogP contribution is 2.38. The van der Waals surface area contributed by atoms with Crippen LogP contribution in [0.1, 0.15) is 67.4 Å². The molecular formula is C34H45N3O8S2. The highest BCUT2D eigenvalue weighted by atomic mass is 32.2. The lowest BCUT2D eigenvalue weighted by molar-refractivity contribution is -0.385. The van der Waals surface area contributed by atoms with Crippen LogP contribution in [0.5, 0.6) is 17.2 Å². The van der Waals surface area contributed by atoms with Gasteiger partial charge in [-0.05, 0) is 73.4 Å². The number of carbonyl (C=O) groups is 2. The first-order chi connectivity index (χ1) is 22.8.